The molecule has 1 rings (SSSR count). The van der Waals surface area contributed by atoms with E-state index in [9.17, 15) is 4.79 Å². The van der Waals surface area contributed by atoms with Crippen LogP contribution in [0.3, 0.4) is 0 Å². The number of amides is 1. The van der Waals surface area contributed by atoms with Crippen LogP contribution in [-0.2, 0) is 16.6 Å². The van der Waals surface area contributed by atoms with Gasteiger partial charge in [-0.1, -0.05) is 20.8 Å². The lowest BCUT2D eigenvalue weighted by Crippen LogP contribution is -2.27. The van der Waals surface area contributed by atoms with Crippen molar-refractivity contribution >= 4 is 17.2 Å². The quantitative estimate of drug-likeness (QED) is 0.841. The summed E-state index contributed by atoms with van der Waals surface area (Å²) in [5, 5.41) is 6.09. The van der Waals surface area contributed by atoms with Gasteiger partial charge in [0.2, 0.25) is 5.91 Å². The van der Waals surface area contributed by atoms with E-state index >= 15 is 0 Å². The fraction of sp³-hybridized carbons (Fsp3) is 0.714. The number of hydrogen-bond acceptors (Lipinski definition) is 4. The van der Waals surface area contributed by atoms with Gasteiger partial charge in [-0.05, 0) is 13.3 Å². The van der Waals surface area contributed by atoms with Gasteiger partial charge in [-0.15, -0.1) is 11.3 Å². The van der Waals surface area contributed by atoms with E-state index in [1.807, 2.05) is 6.92 Å². The Morgan fingerprint density at radius 2 is 2.21 bits per heavy atom. The molecule has 1 heterocycles. The van der Waals surface area contributed by atoms with E-state index in [1.165, 1.54) is 0 Å². The second-order valence-electron chi connectivity index (χ2n) is 5.99. The Labute approximate surface area is 119 Å². The summed E-state index contributed by atoms with van der Waals surface area (Å²) in [6.45, 7) is 9.02. The van der Waals surface area contributed by atoms with Gasteiger partial charge in [-0.25, -0.2) is 4.98 Å². The third-order valence-corrected chi connectivity index (χ3v) is 3.72. The predicted molar refractivity (Wildman–Crippen MR) is 80.4 cm³/mol. The summed E-state index contributed by atoms with van der Waals surface area (Å²) in [6, 6.07) is 0.0825. The van der Waals surface area contributed by atoms with Gasteiger partial charge in [0, 0.05) is 36.2 Å². The molecule has 4 nitrogen and oxygen atoms in total. The summed E-state index contributed by atoms with van der Waals surface area (Å²) in [7, 11) is 0. The van der Waals surface area contributed by atoms with Gasteiger partial charge in [0.1, 0.15) is 0 Å². The van der Waals surface area contributed by atoms with Crippen molar-refractivity contribution in [2.75, 3.05) is 6.54 Å². The van der Waals surface area contributed by atoms with Crippen LogP contribution in [0.5, 0.6) is 0 Å². The highest BCUT2D eigenvalue weighted by atomic mass is 32.1. The van der Waals surface area contributed by atoms with Gasteiger partial charge in [-0.3, -0.25) is 4.79 Å². The lowest BCUT2D eigenvalue weighted by molar-refractivity contribution is -0.121. The van der Waals surface area contributed by atoms with Gasteiger partial charge in [0.25, 0.3) is 0 Å². The zero-order chi connectivity index (χ0) is 14.5. The average Bonchev–Trinajstić information content (AvgIpc) is 2.74. The lowest BCUT2D eigenvalue weighted by Gasteiger charge is -2.14. The Bertz CT molecular complexity index is 407. The largest absolute Gasteiger partial charge is 0.356 e. The summed E-state index contributed by atoms with van der Waals surface area (Å²) in [5.41, 5.74) is 6.83. The second kappa shape index (κ2) is 7.01. The van der Waals surface area contributed by atoms with Crippen molar-refractivity contribution in [1.29, 1.82) is 0 Å². The van der Waals surface area contributed by atoms with E-state index in [0.717, 1.165) is 23.5 Å². The molecule has 1 amide bonds. The molecule has 1 unspecified atom stereocenters. The number of nitrogens with zero attached hydrogens (tertiary/aromatic N) is 1. The molecule has 0 aliphatic carbocycles. The molecule has 3 N–H and O–H groups in total. The minimum atomic E-state index is 0.0740. The Morgan fingerprint density at radius 3 is 2.74 bits per heavy atom. The van der Waals surface area contributed by atoms with Gasteiger partial charge in [-0.2, -0.15) is 0 Å². The first kappa shape index (κ1) is 16.1. The van der Waals surface area contributed by atoms with Crippen LogP contribution < -0.4 is 11.1 Å². The first-order valence-corrected chi connectivity index (χ1v) is 7.64. The van der Waals surface area contributed by atoms with Crippen molar-refractivity contribution in [1.82, 2.24) is 10.3 Å². The molecule has 0 fully saturated rings. The highest BCUT2D eigenvalue weighted by Gasteiger charge is 2.17. The molecule has 5 heteroatoms. The topological polar surface area (TPSA) is 68.0 Å². The van der Waals surface area contributed by atoms with Crippen molar-refractivity contribution < 1.29 is 4.79 Å². The Balaban J connectivity index is 2.30. The van der Waals surface area contributed by atoms with Crippen LogP contribution in [0.2, 0.25) is 0 Å². The number of nitrogens with two attached hydrogens (primary N) is 1. The third kappa shape index (κ3) is 6.16. The standard InChI is InChI=1S/C14H25N3OS/c1-10(15)5-6-12(18)16-8-7-13-17-11(9-19-13)14(2,3)4/h9-10H,5-8,15H2,1-4H3,(H,16,18). The molecule has 0 radical (unpaired) electrons. The lowest BCUT2D eigenvalue weighted by atomic mass is 9.93. The molecular formula is C14H25N3OS. The number of thiazole rings is 1. The molecule has 0 aromatic carbocycles. The Kier molecular flexibility index (Phi) is 5.94. The van der Waals surface area contributed by atoms with Crippen LogP contribution in [0.4, 0.5) is 0 Å². The molecule has 0 saturated carbocycles. The maximum absolute atomic E-state index is 11.5. The summed E-state index contributed by atoms with van der Waals surface area (Å²) in [4.78, 5) is 16.1. The first-order chi connectivity index (χ1) is 8.79. The smallest absolute Gasteiger partial charge is 0.220 e. The summed E-state index contributed by atoms with van der Waals surface area (Å²) in [5.74, 6) is 0.0740. The van der Waals surface area contributed by atoms with Gasteiger partial charge >= 0.3 is 0 Å². The maximum Gasteiger partial charge on any atom is 0.220 e. The number of carbonyl (C=O) groups is 1. The number of rotatable bonds is 6. The SMILES string of the molecule is CC(N)CCC(=O)NCCc1nc(C(C)(C)C)cs1. The van der Waals surface area contributed by atoms with Gasteiger partial charge in [0.05, 0.1) is 10.7 Å². The van der Waals surface area contributed by atoms with Crippen LogP contribution in [-0.4, -0.2) is 23.5 Å². The van der Waals surface area contributed by atoms with Crippen LogP contribution in [0.25, 0.3) is 0 Å². The van der Waals surface area contributed by atoms with Crippen molar-refractivity contribution in [3.8, 4) is 0 Å². The Hall–Kier alpha value is -0.940. The van der Waals surface area contributed by atoms with Gasteiger partial charge in [0.15, 0.2) is 0 Å². The second-order valence-corrected chi connectivity index (χ2v) is 6.94. The molecule has 19 heavy (non-hydrogen) atoms. The molecule has 0 aliphatic rings. The molecular weight excluding hydrogens is 258 g/mol. The first-order valence-electron chi connectivity index (χ1n) is 6.76. The Morgan fingerprint density at radius 1 is 1.53 bits per heavy atom. The summed E-state index contributed by atoms with van der Waals surface area (Å²) < 4.78 is 0. The molecule has 0 spiro atoms. The molecule has 108 valence electrons. The fourth-order valence-electron chi connectivity index (χ4n) is 1.53. The van der Waals surface area contributed by atoms with Gasteiger partial charge < -0.3 is 11.1 Å². The minimum Gasteiger partial charge on any atom is -0.356 e. The molecule has 1 atom stereocenters. The summed E-state index contributed by atoms with van der Waals surface area (Å²) >= 11 is 1.66. The summed E-state index contributed by atoms with van der Waals surface area (Å²) in [6.07, 6.45) is 2.03. The highest BCUT2D eigenvalue weighted by molar-refractivity contribution is 7.09. The molecule has 0 aliphatic heterocycles. The highest BCUT2D eigenvalue weighted by Crippen LogP contribution is 2.23. The zero-order valence-corrected chi connectivity index (χ0v) is 13.1. The van der Waals surface area contributed by atoms with Crippen molar-refractivity contribution in [3.63, 3.8) is 0 Å². The molecule has 0 bridgehead atoms. The van der Waals surface area contributed by atoms with Crippen LogP contribution >= 0.6 is 11.3 Å². The predicted octanol–water partition coefficient (Wildman–Crippen LogP) is 2.23. The van der Waals surface area contributed by atoms with E-state index in [4.69, 9.17) is 5.73 Å². The monoisotopic (exact) mass is 283 g/mol. The molecule has 0 saturated heterocycles. The fourth-order valence-corrected chi connectivity index (χ4v) is 2.55. The number of hydrogen-bond donors (Lipinski definition) is 2. The normalized spacial score (nSPS) is 13.3. The van der Waals surface area contributed by atoms with E-state index in [2.05, 4.69) is 36.5 Å². The molecule has 1 aromatic heterocycles. The number of aromatic nitrogens is 1. The van der Waals surface area contributed by atoms with E-state index < -0.39 is 0 Å². The van der Waals surface area contributed by atoms with Crippen molar-refractivity contribution in [2.24, 2.45) is 5.73 Å². The van der Waals surface area contributed by atoms with Crippen LogP contribution in [0.1, 0.15) is 51.2 Å². The maximum atomic E-state index is 11.5. The van der Waals surface area contributed by atoms with Crippen LogP contribution in [0, 0.1) is 0 Å². The minimum absolute atomic E-state index is 0.0740. The average molecular weight is 283 g/mol. The number of carbonyl (C=O) groups excluding carboxylic acids is 1. The van der Waals surface area contributed by atoms with Crippen molar-refractivity contribution in [3.05, 3.63) is 16.1 Å². The molecule has 1 aromatic rings. The van der Waals surface area contributed by atoms with Crippen LogP contribution in [0.15, 0.2) is 5.38 Å². The van der Waals surface area contributed by atoms with E-state index in [-0.39, 0.29) is 17.4 Å². The number of nitrogens with one attached hydrogen (secondary N) is 1. The van der Waals surface area contributed by atoms with Crippen molar-refractivity contribution in [2.45, 2.75) is 58.4 Å². The van der Waals surface area contributed by atoms with E-state index in [1.54, 1.807) is 11.3 Å². The zero-order valence-electron chi connectivity index (χ0n) is 12.3. The third-order valence-electron chi connectivity index (χ3n) is 2.81. The van der Waals surface area contributed by atoms with E-state index in [0.29, 0.717) is 13.0 Å².